The van der Waals surface area contributed by atoms with Crippen molar-refractivity contribution in [3.05, 3.63) is 21.4 Å². The molecule has 1 aromatic rings. The summed E-state index contributed by atoms with van der Waals surface area (Å²) < 4.78 is 5.41. The number of hydrogen-bond donors (Lipinski definition) is 2. The second-order valence-corrected chi connectivity index (χ2v) is 6.54. The van der Waals surface area contributed by atoms with Crippen LogP contribution in [-0.4, -0.2) is 31.0 Å². The molecule has 0 radical (unpaired) electrons. The minimum Gasteiger partial charge on any atom is -0.389 e. The highest BCUT2D eigenvalue weighted by molar-refractivity contribution is 7.12. The molecule has 2 atom stereocenters. The molecule has 1 rings (SSSR count). The molecule has 0 bridgehead atoms. The van der Waals surface area contributed by atoms with Gasteiger partial charge in [-0.1, -0.05) is 13.3 Å². The Bertz CT molecular complexity index is 365. The SMILES string of the molecule is CCCCOCC(O)CNC(C)c1cc(C)sc1C. The molecule has 19 heavy (non-hydrogen) atoms. The highest BCUT2D eigenvalue weighted by Crippen LogP contribution is 2.25. The van der Waals surface area contributed by atoms with E-state index in [1.807, 2.05) is 11.3 Å². The maximum Gasteiger partial charge on any atom is 0.0897 e. The molecule has 1 heterocycles. The van der Waals surface area contributed by atoms with E-state index in [0.717, 1.165) is 19.4 Å². The molecule has 4 heteroatoms. The first-order valence-corrected chi connectivity index (χ1v) is 7.92. The predicted octanol–water partition coefficient (Wildman–Crippen LogP) is 3.19. The summed E-state index contributed by atoms with van der Waals surface area (Å²) >= 11 is 1.82. The fourth-order valence-corrected chi connectivity index (χ4v) is 3.05. The Hall–Kier alpha value is -0.420. The predicted molar refractivity (Wildman–Crippen MR) is 81.9 cm³/mol. The smallest absolute Gasteiger partial charge is 0.0897 e. The number of aryl methyl sites for hydroxylation is 2. The maximum absolute atomic E-state index is 9.83. The number of aliphatic hydroxyl groups excluding tert-OH is 1. The van der Waals surface area contributed by atoms with Crippen LogP contribution in [0.5, 0.6) is 0 Å². The van der Waals surface area contributed by atoms with Crippen LogP contribution in [-0.2, 0) is 4.74 Å². The standard InChI is InChI=1S/C15H27NO2S/c1-5-6-7-18-10-14(17)9-16-12(3)15-8-11(2)19-13(15)4/h8,12,14,16-17H,5-7,9-10H2,1-4H3. The first kappa shape index (κ1) is 16.6. The van der Waals surface area contributed by atoms with Crippen LogP contribution >= 0.6 is 11.3 Å². The van der Waals surface area contributed by atoms with Crippen molar-refractivity contribution >= 4 is 11.3 Å². The van der Waals surface area contributed by atoms with Crippen molar-refractivity contribution in [2.75, 3.05) is 19.8 Å². The van der Waals surface area contributed by atoms with Crippen LogP contribution in [0.4, 0.5) is 0 Å². The molecule has 0 aliphatic rings. The van der Waals surface area contributed by atoms with Crippen molar-refractivity contribution in [2.45, 2.75) is 52.7 Å². The van der Waals surface area contributed by atoms with E-state index in [4.69, 9.17) is 4.74 Å². The van der Waals surface area contributed by atoms with Crippen molar-refractivity contribution in [2.24, 2.45) is 0 Å². The number of ether oxygens (including phenoxy) is 1. The Kier molecular flexibility index (Phi) is 7.61. The van der Waals surface area contributed by atoms with Crippen LogP contribution in [0.25, 0.3) is 0 Å². The summed E-state index contributed by atoms with van der Waals surface area (Å²) in [6.07, 6.45) is 1.76. The van der Waals surface area contributed by atoms with Crippen LogP contribution in [0.1, 0.15) is 48.0 Å². The Morgan fingerprint density at radius 1 is 1.42 bits per heavy atom. The Morgan fingerprint density at radius 2 is 2.16 bits per heavy atom. The first-order valence-electron chi connectivity index (χ1n) is 7.10. The summed E-state index contributed by atoms with van der Waals surface area (Å²) in [5.41, 5.74) is 1.33. The van der Waals surface area contributed by atoms with Gasteiger partial charge in [0.1, 0.15) is 0 Å². The van der Waals surface area contributed by atoms with Crippen LogP contribution in [0, 0.1) is 13.8 Å². The summed E-state index contributed by atoms with van der Waals surface area (Å²) in [5.74, 6) is 0. The van der Waals surface area contributed by atoms with Gasteiger partial charge in [-0.2, -0.15) is 0 Å². The highest BCUT2D eigenvalue weighted by Gasteiger charge is 2.12. The van der Waals surface area contributed by atoms with Gasteiger partial charge in [0.05, 0.1) is 12.7 Å². The van der Waals surface area contributed by atoms with Gasteiger partial charge >= 0.3 is 0 Å². The van der Waals surface area contributed by atoms with Crippen molar-refractivity contribution in [1.82, 2.24) is 5.32 Å². The summed E-state index contributed by atoms with van der Waals surface area (Å²) in [6, 6.07) is 2.50. The summed E-state index contributed by atoms with van der Waals surface area (Å²) in [7, 11) is 0. The van der Waals surface area contributed by atoms with Gasteiger partial charge in [0.2, 0.25) is 0 Å². The van der Waals surface area contributed by atoms with Crippen molar-refractivity contribution in [3.8, 4) is 0 Å². The number of thiophene rings is 1. The lowest BCUT2D eigenvalue weighted by Crippen LogP contribution is -2.32. The van der Waals surface area contributed by atoms with Gasteiger partial charge in [-0.3, -0.25) is 0 Å². The third kappa shape index (κ3) is 6.04. The zero-order chi connectivity index (χ0) is 14.3. The molecule has 0 spiro atoms. The lowest BCUT2D eigenvalue weighted by Gasteiger charge is -2.17. The lowest BCUT2D eigenvalue weighted by molar-refractivity contribution is 0.0348. The molecule has 0 aliphatic heterocycles. The van der Waals surface area contributed by atoms with Gasteiger partial charge in [0.15, 0.2) is 0 Å². The minimum atomic E-state index is -0.431. The third-order valence-corrected chi connectivity index (χ3v) is 4.14. The van der Waals surface area contributed by atoms with E-state index in [1.165, 1.54) is 15.3 Å². The van der Waals surface area contributed by atoms with E-state index in [0.29, 0.717) is 13.2 Å². The topological polar surface area (TPSA) is 41.5 Å². The number of nitrogens with one attached hydrogen (secondary N) is 1. The normalized spacial score (nSPS) is 14.6. The monoisotopic (exact) mass is 285 g/mol. The third-order valence-electron chi connectivity index (χ3n) is 3.16. The lowest BCUT2D eigenvalue weighted by atomic mass is 10.1. The van der Waals surface area contributed by atoms with E-state index in [2.05, 4.69) is 39.1 Å². The fourth-order valence-electron chi connectivity index (χ4n) is 2.03. The average molecular weight is 285 g/mol. The van der Waals surface area contributed by atoms with Crippen LogP contribution in [0.3, 0.4) is 0 Å². The molecule has 0 aromatic carbocycles. The van der Waals surface area contributed by atoms with Gasteiger partial charge in [-0.05, 0) is 38.8 Å². The molecular formula is C15H27NO2S. The van der Waals surface area contributed by atoms with E-state index >= 15 is 0 Å². The van der Waals surface area contributed by atoms with E-state index in [9.17, 15) is 5.11 Å². The van der Waals surface area contributed by atoms with E-state index in [1.54, 1.807) is 0 Å². The van der Waals surface area contributed by atoms with Gasteiger partial charge < -0.3 is 15.2 Å². The zero-order valence-electron chi connectivity index (χ0n) is 12.5. The molecule has 2 unspecified atom stereocenters. The molecule has 3 nitrogen and oxygen atoms in total. The van der Waals surface area contributed by atoms with Crippen LogP contribution in [0.15, 0.2) is 6.07 Å². The van der Waals surface area contributed by atoms with Crippen molar-refractivity contribution in [3.63, 3.8) is 0 Å². The summed E-state index contributed by atoms with van der Waals surface area (Å²) in [5, 5.41) is 13.2. The molecule has 0 saturated heterocycles. The second kappa shape index (κ2) is 8.69. The molecule has 0 saturated carbocycles. The molecule has 0 fully saturated rings. The van der Waals surface area contributed by atoms with Gasteiger partial charge in [0, 0.05) is 28.9 Å². The van der Waals surface area contributed by atoms with Crippen LogP contribution < -0.4 is 5.32 Å². The largest absolute Gasteiger partial charge is 0.389 e. The highest BCUT2D eigenvalue weighted by atomic mass is 32.1. The fraction of sp³-hybridized carbons (Fsp3) is 0.733. The molecule has 0 amide bonds. The molecular weight excluding hydrogens is 258 g/mol. The van der Waals surface area contributed by atoms with Gasteiger partial charge in [0.25, 0.3) is 0 Å². The number of unbranched alkanes of at least 4 members (excludes halogenated alkanes) is 1. The molecule has 1 aromatic heterocycles. The maximum atomic E-state index is 9.83. The van der Waals surface area contributed by atoms with Gasteiger partial charge in [-0.15, -0.1) is 11.3 Å². The number of hydrogen-bond acceptors (Lipinski definition) is 4. The van der Waals surface area contributed by atoms with E-state index < -0.39 is 6.10 Å². The Morgan fingerprint density at radius 3 is 2.74 bits per heavy atom. The summed E-state index contributed by atoms with van der Waals surface area (Å²) in [6.45, 7) is 10.3. The van der Waals surface area contributed by atoms with Crippen molar-refractivity contribution in [1.29, 1.82) is 0 Å². The molecule has 110 valence electrons. The average Bonchev–Trinajstić information content (AvgIpc) is 2.71. The van der Waals surface area contributed by atoms with E-state index in [-0.39, 0.29) is 6.04 Å². The van der Waals surface area contributed by atoms with Gasteiger partial charge in [-0.25, -0.2) is 0 Å². The minimum absolute atomic E-state index is 0.273. The van der Waals surface area contributed by atoms with Crippen molar-refractivity contribution < 1.29 is 9.84 Å². The quantitative estimate of drug-likeness (QED) is 0.685. The Balaban J connectivity index is 2.26. The zero-order valence-corrected chi connectivity index (χ0v) is 13.3. The first-order chi connectivity index (χ1) is 9.04. The number of aliphatic hydroxyl groups is 1. The number of rotatable bonds is 9. The molecule has 2 N–H and O–H groups in total. The van der Waals surface area contributed by atoms with Crippen LogP contribution in [0.2, 0.25) is 0 Å². The Labute approximate surface area is 121 Å². The second-order valence-electron chi connectivity index (χ2n) is 5.08. The molecule has 0 aliphatic carbocycles. The summed E-state index contributed by atoms with van der Waals surface area (Å²) in [4.78, 5) is 2.69.